The molecule has 1 saturated heterocycles. The summed E-state index contributed by atoms with van der Waals surface area (Å²) in [6.45, 7) is 10.00. The largest absolute Gasteiger partial charge is 0.462 e. The summed E-state index contributed by atoms with van der Waals surface area (Å²) in [6.07, 6.45) is 1.43. The van der Waals surface area contributed by atoms with Gasteiger partial charge in [-0.2, -0.15) is 4.31 Å². The van der Waals surface area contributed by atoms with Crippen molar-refractivity contribution >= 4 is 44.2 Å². The van der Waals surface area contributed by atoms with Crippen molar-refractivity contribution in [2.45, 2.75) is 20.8 Å². The molecular formula is C20H29N3O7S2. The maximum Gasteiger partial charge on any atom is 0.348 e. The third-order valence-electron chi connectivity index (χ3n) is 4.85. The van der Waals surface area contributed by atoms with Crippen LogP contribution in [0.5, 0.6) is 0 Å². The number of hydrogen-bond donors (Lipinski definition) is 1. The second-order valence-corrected chi connectivity index (χ2v) is 10.3. The van der Waals surface area contributed by atoms with Gasteiger partial charge in [-0.15, -0.1) is 11.3 Å². The van der Waals surface area contributed by atoms with Gasteiger partial charge in [0.15, 0.2) is 0 Å². The van der Waals surface area contributed by atoms with Crippen LogP contribution < -0.4 is 5.32 Å². The number of nitrogens with one attached hydrogen (secondary N) is 1. The molecule has 0 radical (unpaired) electrons. The molecule has 1 fully saturated rings. The maximum absolute atomic E-state index is 12.7. The van der Waals surface area contributed by atoms with Gasteiger partial charge in [0.1, 0.15) is 16.5 Å². The first-order chi connectivity index (χ1) is 15.1. The molecule has 32 heavy (non-hydrogen) atoms. The molecule has 0 aliphatic carbocycles. The van der Waals surface area contributed by atoms with Crippen molar-refractivity contribution in [1.82, 2.24) is 9.21 Å². The average molecular weight is 488 g/mol. The third kappa shape index (κ3) is 6.37. The fraction of sp³-hybridized carbons (Fsp3) is 0.550. The molecule has 178 valence electrons. The lowest BCUT2D eigenvalue weighted by atomic mass is 10.1. The molecule has 1 amide bonds. The summed E-state index contributed by atoms with van der Waals surface area (Å²) in [7, 11) is -3.25. The van der Waals surface area contributed by atoms with Gasteiger partial charge in [0.25, 0.3) is 0 Å². The van der Waals surface area contributed by atoms with E-state index in [1.807, 2.05) is 4.90 Å². The first-order valence-corrected chi connectivity index (χ1v) is 12.7. The molecule has 10 nitrogen and oxygen atoms in total. The Morgan fingerprint density at radius 3 is 2.34 bits per heavy atom. The summed E-state index contributed by atoms with van der Waals surface area (Å²) in [5.41, 5.74) is 0.491. The molecule has 1 N–H and O–H groups in total. The van der Waals surface area contributed by atoms with Crippen molar-refractivity contribution in [3.05, 3.63) is 28.7 Å². The predicted octanol–water partition coefficient (Wildman–Crippen LogP) is 1.48. The molecule has 1 aliphatic rings. The third-order valence-corrected chi connectivity index (χ3v) is 7.92. The fourth-order valence-electron chi connectivity index (χ4n) is 3.16. The van der Waals surface area contributed by atoms with Crippen molar-refractivity contribution in [3.8, 4) is 0 Å². The van der Waals surface area contributed by atoms with Gasteiger partial charge < -0.3 is 14.8 Å². The number of thiophene rings is 1. The van der Waals surface area contributed by atoms with Crippen LogP contribution in [0, 0.1) is 6.92 Å². The molecule has 2 heterocycles. The molecule has 12 heteroatoms. The van der Waals surface area contributed by atoms with Crippen molar-refractivity contribution in [2.75, 3.05) is 57.0 Å². The van der Waals surface area contributed by atoms with E-state index in [1.165, 1.54) is 10.4 Å². The second-order valence-electron chi connectivity index (χ2n) is 6.99. The molecule has 0 aromatic carbocycles. The Labute approximate surface area is 192 Å². The zero-order valence-corrected chi connectivity index (χ0v) is 20.1. The van der Waals surface area contributed by atoms with Crippen LogP contribution in [0.2, 0.25) is 0 Å². The SMILES string of the molecule is C=CCOC(=O)c1sc(NC(=O)CN2CCN(S(=O)(=O)CC)CC2)c(C(=O)OCC)c1C. The Morgan fingerprint density at radius 2 is 1.78 bits per heavy atom. The standard InChI is InChI=1S/C20H29N3O7S2/c1-5-12-30-20(26)17-14(4)16(19(25)29-6-2)18(31-17)21-15(24)13-22-8-10-23(11-9-22)32(27,28)7-3/h5H,1,6-13H2,2-4H3,(H,21,24). The average Bonchev–Trinajstić information content (AvgIpc) is 3.08. The monoisotopic (exact) mass is 487 g/mol. The van der Waals surface area contributed by atoms with Crippen molar-refractivity contribution in [3.63, 3.8) is 0 Å². The van der Waals surface area contributed by atoms with E-state index in [-0.39, 0.29) is 46.9 Å². The van der Waals surface area contributed by atoms with Crippen LogP contribution in [0.1, 0.15) is 39.4 Å². The summed E-state index contributed by atoms with van der Waals surface area (Å²) >= 11 is 0.948. The molecular weight excluding hydrogens is 458 g/mol. The van der Waals surface area contributed by atoms with Gasteiger partial charge >= 0.3 is 11.9 Å². The predicted molar refractivity (Wildman–Crippen MR) is 122 cm³/mol. The molecule has 0 saturated carbocycles. The van der Waals surface area contributed by atoms with E-state index in [2.05, 4.69) is 11.9 Å². The number of ether oxygens (including phenoxy) is 2. The number of rotatable bonds is 10. The Balaban J connectivity index is 2.11. The molecule has 1 aromatic heterocycles. The zero-order chi connectivity index (χ0) is 23.9. The zero-order valence-electron chi connectivity index (χ0n) is 18.5. The van der Waals surface area contributed by atoms with Crippen molar-refractivity contribution < 1.29 is 32.3 Å². The van der Waals surface area contributed by atoms with Crippen LogP contribution >= 0.6 is 11.3 Å². The smallest absolute Gasteiger partial charge is 0.348 e. The van der Waals surface area contributed by atoms with E-state index in [0.717, 1.165) is 11.3 Å². The summed E-state index contributed by atoms with van der Waals surface area (Å²) in [6, 6.07) is 0. The molecule has 2 rings (SSSR count). The number of hydrogen-bond acceptors (Lipinski definition) is 9. The van der Waals surface area contributed by atoms with Crippen LogP contribution in [0.25, 0.3) is 0 Å². The minimum Gasteiger partial charge on any atom is -0.462 e. The highest BCUT2D eigenvalue weighted by molar-refractivity contribution is 7.89. The summed E-state index contributed by atoms with van der Waals surface area (Å²) in [5.74, 6) is -1.60. The molecule has 0 bridgehead atoms. The van der Waals surface area contributed by atoms with Crippen LogP contribution in [0.3, 0.4) is 0 Å². The van der Waals surface area contributed by atoms with Gasteiger partial charge in [0.2, 0.25) is 15.9 Å². The van der Waals surface area contributed by atoms with Crippen LogP contribution in [-0.2, 0) is 24.3 Å². The highest BCUT2D eigenvalue weighted by Gasteiger charge is 2.29. The first kappa shape index (κ1) is 26.0. The van der Waals surface area contributed by atoms with Crippen LogP contribution in [-0.4, -0.2) is 87.2 Å². The summed E-state index contributed by atoms with van der Waals surface area (Å²) < 4.78 is 35.5. The van der Waals surface area contributed by atoms with Crippen LogP contribution in [0.4, 0.5) is 5.00 Å². The topological polar surface area (TPSA) is 122 Å². The van der Waals surface area contributed by atoms with Gasteiger partial charge in [0, 0.05) is 26.2 Å². The number of anilines is 1. The van der Waals surface area contributed by atoms with Crippen molar-refractivity contribution in [1.29, 1.82) is 0 Å². The molecule has 1 aliphatic heterocycles. The lowest BCUT2D eigenvalue weighted by Gasteiger charge is -2.33. The van der Waals surface area contributed by atoms with Gasteiger partial charge in [-0.25, -0.2) is 18.0 Å². The van der Waals surface area contributed by atoms with Gasteiger partial charge in [-0.3, -0.25) is 9.69 Å². The van der Waals surface area contributed by atoms with Gasteiger partial charge in [-0.05, 0) is 26.3 Å². The number of sulfonamides is 1. The number of nitrogens with zero attached hydrogens (tertiary/aromatic N) is 2. The van der Waals surface area contributed by atoms with Gasteiger partial charge in [-0.1, -0.05) is 12.7 Å². The molecule has 0 atom stereocenters. The fourth-order valence-corrected chi connectivity index (χ4v) is 5.35. The number of esters is 2. The van der Waals surface area contributed by atoms with E-state index in [9.17, 15) is 22.8 Å². The van der Waals surface area contributed by atoms with Gasteiger partial charge in [0.05, 0.1) is 24.5 Å². The first-order valence-electron chi connectivity index (χ1n) is 10.2. The number of carbonyl (C=O) groups excluding carboxylic acids is 3. The van der Waals surface area contributed by atoms with E-state index in [1.54, 1.807) is 20.8 Å². The molecule has 1 aromatic rings. The van der Waals surface area contributed by atoms with E-state index >= 15 is 0 Å². The number of carbonyl (C=O) groups is 3. The second kappa shape index (κ2) is 11.5. The minimum atomic E-state index is -3.25. The minimum absolute atomic E-state index is 0.0202. The number of amides is 1. The highest BCUT2D eigenvalue weighted by atomic mass is 32.2. The van der Waals surface area contributed by atoms with E-state index in [0.29, 0.717) is 31.7 Å². The summed E-state index contributed by atoms with van der Waals surface area (Å²) in [5, 5.41) is 2.91. The van der Waals surface area contributed by atoms with E-state index in [4.69, 9.17) is 9.47 Å². The Hall–Kier alpha value is -2.28. The van der Waals surface area contributed by atoms with Crippen LogP contribution in [0.15, 0.2) is 12.7 Å². The lowest BCUT2D eigenvalue weighted by molar-refractivity contribution is -0.117. The molecule has 0 spiro atoms. The maximum atomic E-state index is 12.7. The van der Waals surface area contributed by atoms with Crippen molar-refractivity contribution in [2.24, 2.45) is 0 Å². The quantitative estimate of drug-likeness (QED) is 0.389. The highest BCUT2D eigenvalue weighted by Crippen LogP contribution is 2.34. The Morgan fingerprint density at radius 1 is 1.12 bits per heavy atom. The number of piperazine rings is 1. The lowest BCUT2D eigenvalue weighted by Crippen LogP contribution is -2.50. The molecule has 0 unspecified atom stereocenters. The van der Waals surface area contributed by atoms with E-state index < -0.39 is 22.0 Å². The summed E-state index contributed by atoms with van der Waals surface area (Å²) in [4.78, 5) is 39.5. The Bertz CT molecular complexity index is 964. The Kier molecular flexibility index (Phi) is 9.37. The normalized spacial score (nSPS) is 15.2.